The Labute approximate surface area is 123 Å². The molecule has 1 aliphatic rings. The maximum Gasteiger partial charge on any atom is 0.0810 e. The zero-order chi connectivity index (χ0) is 14.6. The second kappa shape index (κ2) is 6.73. The number of hydrogen-bond acceptors (Lipinski definition) is 2. The predicted octanol–water partition coefficient (Wildman–Crippen LogP) is 3.78. The van der Waals surface area contributed by atoms with Gasteiger partial charge in [-0.3, -0.25) is 0 Å². The van der Waals surface area contributed by atoms with Gasteiger partial charge in [-0.2, -0.15) is 0 Å². The summed E-state index contributed by atoms with van der Waals surface area (Å²) >= 11 is 0. The van der Waals surface area contributed by atoms with E-state index in [0.29, 0.717) is 6.04 Å². The van der Waals surface area contributed by atoms with Crippen molar-refractivity contribution < 1.29 is 4.74 Å². The zero-order valence-electron chi connectivity index (χ0n) is 13.5. The van der Waals surface area contributed by atoms with Gasteiger partial charge in [-0.05, 0) is 64.1 Å². The summed E-state index contributed by atoms with van der Waals surface area (Å²) in [6.45, 7) is 10.7. The number of likely N-dealkylation sites (N-methyl/N-ethyl adjacent to an activating group) is 1. The highest BCUT2D eigenvalue weighted by atomic mass is 16.5. The molecule has 0 saturated carbocycles. The van der Waals surface area contributed by atoms with Gasteiger partial charge in [0.25, 0.3) is 0 Å². The van der Waals surface area contributed by atoms with Crippen LogP contribution in [0.1, 0.15) is 49.8 Å². The van der Waals surface area contributed by atoms with E-state index >= 15 is 0 Å². The lowest BCUT2D eigenvalue weighted by Crippen LogP contribution is -2.53. The van der Waals surface area contributed by atoms with Gasteiger partial charge in [0.15, 0.2) is 0 Å². The Hall–Kier alpha value is -0.860. The van der Waals surface area contributed by atoms with E-state index in [2.05, 4.69) is 51.2 Å². The van der Waals surface area contributed by atoms with Crippen molar-refractivity contribution >= 4 is 0 Å². The molecule has 0 aliphatic carbocycles. The third kappa shape index (κ3) is 3.62. The van der Waals surface area contributed by atoms with Gasteiger partial charge >= 0.3 is 0 Å². The van der Waals surface area contributed by atoms with E-state index in [9.17, 15) is 0 Å². The monoisotopic (exact) mass is 275 g/mol. The molecule has 0 spiro atoms. The van der Waals surface area contributed by atoms with Crippen LogP contribution in [-0.2, 0) is 11.2 Å². The minimum Gasteiger partial charge on any atom is -0.374 e. The molecule has 0 aromatic heterocycles. The minimum atomic E-state index is -0.0234. The van der Waals surface area contributed by atoms with Crippen molar-refractivity contribution in [3.63, 3.8) is 0 Å². The van der Waals surface area contributed by atoms with Crippen LogP contribution in [0.2, 0.25) is 0 Å². The lowest BCUT2D eigenvalue weighted by atomic mass is 9.83. The van der Waals surface area contributed by atoms with Crippen LogP contribution in [0, 0.1) is 13.8 Å². The quantitative estimate of drug-likeness (QED) is 0.883. The summed E-state index contributed by atoms with van der Waals surface area (Å²) in [6, 6.07) is 7.15. The van der Waals surface area contributed by atoms with Crippen LogP contribution in [0.3, 0.4) is 0 Å². The highest BCUT2D eigenvalue weighted by molar-refractivity contribution is 5.31. The van der Waals surface area contributed by atoms with Crippen LogP contribution in [0.25, 0.3) is 0 Å². The van der Waals surface area contributed by atoms with Crippen LogP contribution in [0.5, 0.6) is 0 Å². The fourth-order valence-electron chi connectivity index (χ4n) is 3.22. The van der Waals surface area contributed by atoms with Crippen molar-refractivity contribution in [3.05, 3.63) is 34.9 Å². The molecule has 0 bridgehead atoms. The second-order valence-electron chi connectivity index (χ2n) is 6.36. The average molecular weight is 275 g/mol. The second-order valence-corrected chi connectivity index (χ2v) is 6.36. The average Bonchev–Trinajstić information content (AvgIpc) is 2.43. The van der Waals surface area contributed by atoms with E-state index in [1.165, 1.54) is 29.5 Å². The molecule has 2 unspecified atom stereocenters. The van der Waals surface area contributed by atoms with E-state index in [1.807, 2.05) is 0 Å². The van der Waals surface area contributed by atoms with Crippen molar-refractivity contribution in [2.24, 2.45) is 0 Å². The topological polar surface area (TPSA) is 21.3 Å². The summed E-state index contributed by atoms with van der Waals surface area (Å²) in [7, 11) is 0. The zero-order valence-corrected chi connectivity index (χ0v) is 13.5. The van der Waals surface area contributed by atoms with E-state index in [0.717, 1.165) is 26.0 Å². The molecule has 0 radical (unpaired) electrons. The summed E-state index contributed by atoms with van der Waals surface area (Å²) in [6.07, 6.45) is 4.70. The minimum absolute atomic E-state index is 0.0234. The van der Waals surface area contributed by atoms with Gasteiger partial charge in [0, 0.05) is 12.6 Å². The molecular formula is C18H29NO. The Morgan fingerprint density at radius 2 is 2.10 bits per heavy atom. The van der Waals surface area contributed by atoms with Crippen LogP contribution in [0.15, 0.2) is 18.2 Å². The summed E-state index contributed by atoms with van der Waals surface area (Å²) < 4.78 is 6.16. The molecule has 2 rings (SSSR count). The number of ether oxygens (including phenoxy) is 1. The van der Waals surface area contributed by atoms with Crippen molar-refractivity contribution in [2.45, 2.75) is 65.0 Å². The number of rotatable bonds is 5. The van der Waals surface area contributed by atoms with Gasteiger partial charge in [-0.1, -0.05) is 30.7 Å². The maximum absolute atomic E-state index is 6.16. The molecule has 1 aromatic rings. The smallest absolute Gasteiger partial charge is 0.0810 e. The van der Waals surface area contributed by atoms with Gasteiger partial charge in [-0.15, -0.1) is 0 Å². The number of aryl methyl sites for hydroxylation is 2. The molecular weight excluding hydrogens is 246 g/mol. The van der Waals surface area contributed by atoms with Crippen molar-refractivity contribution in [1.29, 1.82) is 0 Å². The Morgan fingerprint density at radius 3 is 2.75 bits per heavy atom. The molecule has 2 heteroatoms. The first-order chi connectivity index (χ1) is 9.55. The Balaban J connectivity index is 2.18. The van der Waals surface area contributed by atoms with Crippen LogP contribution in [-0.4, -0.2) is 24.8 Å². The fourth-order valence-corrected chi connectivity index (χ4v) is 3.22. The molecule has 0 amide bonds. The van der Waals surface area contributed by atoms with Gasteiger partial charge in [-0.25, -0.2) is 0 Å². The van der Waals surface area contributed by atoms with E-state index < -0.39 is 0 Å². The van der Waals surface area contributed by atoms with Gasteiger partial charge in [0.05, 0.1) is 5.60 Å². The fraction of sp³-hybridized carbons (Fsp3) is 0.667. The Morgan fingerprint density at radius 1 is 1.30 bits per heavy atom. The van der Waals surface area contributed by atoms with E-state index in [4.69, 9.17) is 4.74 Å². The SMILES string of the molecule is CCNC(Cc1cc(C)ccc1C)C1(C)CCCCO1. The first kappa shape index (κ1) is 15.5. The Kier molecular flexibility index (Phi) is 5.22. The lowest BCUT2D eigenvalue weighted by Gasteiger charge is -2.41. The molecule has 1 aliphatic heterocycles. The normalized spacial score (nSPS) is 24.6. The summed E-state index contributed by atoms with van der Waals surface area (Å²) in [5.74, 6) is 0. The summed E-state index contributed by atoms with van der Waals surface area (Å²) in [4.78, 5) is 0. The van der Waals surface area contributed by atoms with Crippen molar-refractivity contribution in [2.75, 3.05) is 13.2 Å². The molecule has 1 fully saturated rings. The van der Waals surface area contributed by atoms with Gasteiger partial charge < -0.3 is 10.1 Å². The molecule has 1 heterocycles. The third-order valence-corrected chi connectivity index (χ3v) is 4.62. The largest absolute Gasteiger partial charge is 0.374 e. The number of nitrogens with one attached hydrogen (secondary N) is 1. The first-order valence-electron chi connectivity index (χ1n) is 7.98. The molecule has 112 valence electrons. The van der Waals surface area contributed by atoms with Gasteiger partial charge in [0.2, 0.25) is 0 Å². The molecule has 1 N–H and O–H groups in total. The molecule has 20 heavy (non-hydrogen) atoms. The third-order valence-electron chi connectivity index (χ3n) is 4.62. The summed E-state index contributed by atoms with van der Waals surface area (Å²) in [5, 5.41) is 3.66. The van der Waals surface area contributed by atoms with E-state index in [-0.39, 0.29) is 5.60 Å². The molecule has 2 atom stereocenters. The highest BCUT2D eigenvalue weighted by Gasteiger charge is 2.36. The number of hydrogen-bond donors (Lipinski definition) is 1. The first-order valence-corrected chi connectivity index (χ1v) is 7.98. The molecule has 1 saturated heterocycles. The highest BCUT2D eigenvalue weighted by Crippen LogP contribution is 2.30. The van der Waals surface area contributed by atoms with E-state index in [1.54, 1.807) is 0 Å². The standard InChI is InChI=1S/C18H29NO/c1-5-19-17(18(4)10-6-7-11-20-18)13-16-12-14(2)8-9-15(16)3/h8-9,12,17,19H,5-7,10-11,13H2,1-4H3. The Bertz CT molecular complexity index is 435. The summed E-state index contributed by atoms with van der Waals surface area (Å²) in [5.41, 5.74) is 4.16. The van der Waals surface area contributed by atoms with Crippen LogP contribution < -0.4 is 5.32 Å². The van der Waals surface area contributed by atoms with Crippen molar-refractivity contribution in [1.82, 2.24) is 5.32 Å². The van der Waals surface area contributed by atoms with Gasteiger partial charge in [0.1, 0.15) is 0 Å². The van der Waals surface area contributed by atoms with Crippen molar-refractivity contribution in [3.8, 4) is 0 Å². The predicted molar refractivity (Wildman–Crippen MR) is 85.3 cm³/mol. The van der Waals surface area contributed by atoms with Crippen LogP contribution in [0.4, 0.5) is 0 Å². The molecule has 1 aromatic carbocycles. The number of benzene rings is 1. The van der Waals surface area contributed by atoms with Crippen LogP contribution >= 0.6 is 0 Å². The lowest BCUT2D eigenvalue weighted by molar-refractivity contribution is -0.0881. The maximum atomic E-state index is 6.16. The molecule has 2 nitrogen and oxygen atoms in total.